The maximum absolute atomic E-state index is 12.7. The van der Waals surface area contributed by atoms with Crippen LogP contribution in [-0.4, -0.2) is 45.9 Å². The SMILES string of the molecule is Cc1noc(-c2cnc(C)nc2N2CCC(C(=O)NCc3ccc4c(c3)OCO4)CC2)n1. The number of benzene rings is 1. The van der Waals surface area contributed by atoms with E-state index < -0.39 is 0 Å². The summed E-state index contributed by atoms with van der Waals surface area (Å²) < 4.78 is 16.1. The number of rotatable bonds is 5. The average molecular weight is 436 g/mol. The Bertz CT molecular complexity index is 1140. The Balaban J connectivity index is 1.21. The van der Waals surface area contributed by atoms with E-state index in [0.29, 0.717) is 42.7 Å². The summed E-state index contributed by atoms with van der Waals surface area (Å²) in [5.41, 5.74) is 1.69. The highest BCUT2D eigenvalue weighted by Crippen LogP contribution is 2.33. The van der Waals surface area contributed by atoms with E-state index in [-0.39, 0.29) is 18.6 Å². The van der Waals surface area contributed by atoms with Crippen LogP contribution in [0.5, 0.6) is 11.5 Å². The zero-order valence-corrected chi connectivity index (χ0v) is 18.0. The predicted molar refractivity (Wildman–Crippen MR) is 114 cm³/mol. The minimum absolute atomic E-state index is 0.0442. The molecule has 2 aromatic heterocycles. The van der Waals surface area contributed by atoms with Crippen molar-refractivity contribution in [1.29, 1.82) is 0 Å². The monoisotopic (exact) mass is 436 g/mol. The molecule has 0 bridgehead atoms. The fraction of sp³-hybridized carbons (Fsp3) is 0.409. The summed E-state index contributed by atoms with van der Waals surface area (Å²) in [6.45, 7) is 5.74. The molecule has 0 spiro atoms. The van der Waals surface area contributed by atoms with Crippen LogP contribution in [0.4, 0.5) is 5.82 Å². The third-order valence-electron chi connectivity index (χ3n) is 5.72. The van der Waals surface area contributed by atoms with E-state index in [4.69, 9.17) is 14.0 Å². The third-order valence-corrected chi connectivity index (χ3v) is 5.72. The Kier molecular flexibility index (Phi) is 5.34. The van der Waals surface area contributed by atoms with Gasteiger partial charge in [0.25, 0.3) is 5.89 Å². The minimum atomic E-state index is -0.0442. The summed E-state index contributed by atoms with van der Waals surface area (Å²) in [4.78, 5) is 28.1. The number of hydrogen-bond acceptors (Lipinski definition) is 9. The summed E-state index contributed by atoms with van der Waals surface area (Å²) in [7, 11) is 0. The Morgan fingerprint density at radius 3 is 2.72 bits per heavy atom. The zero-order chi connectivity index (χ0) is 22.1. The smallest absolute Gasteiger partial charge is 0.263 e. The predicted octanol–water partition coefficient (Wildman–Crippen LogP) is 2.40. The van der Waals surface area contributed by atoms with Crippen molar-refractivity contribution in [2.75, 3.05) is 24.8 Å². The van der Waals surface area contributed by atoms with E-state index in [9.17, 15) is 4.79 Å². The van der Waals surface area contributed by atoms with E-state index in [1.54, 1.807) is 13.1 Å². The largest absolute Gasteiger partial charge is 0.454 e. The van der Waals surface area contributed by atoms with Crippen molar-refractivity contribution in [3.8, 4) is 23.0 Å². The molecule has 4 heterocycles. The normalized spacial score (nSPS) is 15.8. The van der Waals surface area contributed by atoms with Gasteiger partial charge in [-0.2, -0.15) is 4.98 Å². The maximum atomic E-state index is 12.7. The Labute approximate surface area is 185 Å². The lowest BCUT2D eigenvalue weighted by atomic mass is 9.95. The molecule has 0 aliphatic carbocycles. The Morgan fingerprint density at radius 2 is 1.94 bits per heavy atom. The standard InChI is InChI=1S/C22H24N6O4/c1-13-23-11-17(22-26-14(2)27-32-22)20(25-13)28-7-5-16(6-8-28)21(29)24-10-15-3-4-18-19(9-15)31-12-30-18/h3-4,9,11,16H,5-8,10,12H2,1-2H3,(H,24,29). The van der Waals surface area contributed by atoms with Gasteiger partial charge in [0.1, 0.15) is 17.2 Å². The summed E-state index contributed by atoms with van der Waals surface area (Å²) in [6.07, 6.45) is 3.19. The van der Waals surface area contributed by atoms with E-state index in [0.717, 1.165) is 35.7 Å². The summed E-state index contributed by atoms with van der Waals surface area (Å²) in [5.74, 6) is 3.88. The van der Waals surface area contributed by atoms with Gasteiger partial charge in [0.05, 0.1) is 0 Å². The molecule has 1 aromatic carbocycles. The molecule has 32 heavy (non-hydrogen) atoms. The number of piperidine rings is 1. The second kappa shape index (κ2) is 8.45. The van der Waals surface area contributed by atoms with E-state index in [1.807, 2.05) is 25.1 Å². The molecule has 1 amide bonds. The van der Waals surface area contributed by atoms with Gasteiger partial charge < -0.3 is 24.2 Å². The number of carbonyl (C=O) groups is 1. The van der Waals surface area contributed by atoms with Gasteiger partial charge in [0, 0.05) is 31.7 Å². The first-order valence-corrected chi connectivity index (χ1v) is 10.6. The molecule has 10 heteroatoms. The van der Waals surface area contributed by atoms with Crippen LogP contribution in [0.3, 0.4) is 0 Å². The molecule has 0 radical (unpaired) electrons. The van der Waals surface area contributed by atoms with Crippen LogP contribution in [0.15, 0.2) is 28.9 Å². The van der Waals surface area contributed by atoms with Crippen molar-refractivity contribution in [2.24, 2.45) is 5.92 Å². The van der Waals surface area contributed by atoms with Crippen molar-refractivity contribution in [1.82, 2.24) is 25.4 Å². The van der Waals surface area contributed by atoms with Gasteiger partial charge in [0.2, 0.25) is 12.7 Å². The van der Waals surface area contributed by atoms with Crippen molar-refractivity contribution in [3.05, 3.63) is 41.6 Å². The second-order valence-corrected chi connectivity index (χ2v) is 7.97. The number of nitrogens with zero attached hydrogens (tertiary/aromatic N) is 5. The number of carbonyl (C=O) groups excluding carboxylic acids is 1. The number of fused-ring (bicyclic) bond motifs is 1. The van der Waals surface area contributed by atoms with Crippen LogP contribution in [0, 0.1) is 19.8 Å². The van der Waals surface area contributed by atoms with Crippen LogP contribution in [0.1, 0.15) is 30.1 Å². The molecule has 1 N–H and O–H groups in total. The molecule has 5 rings (SSSR count). The molecule has 0 unspecified atom stereocenters. The van der Waals surface area contributed by atoms with E-state index in [2.05, 4.69) is 30.3 Å². The number of ether oxygens (including phenoxy) is 2. The van der Waals surface area contributed by atoms with Gasteiger partial charge in [-0.1, -0.05) is 11.2 Å². The number of aryl methyl sites for hydroxylation is 2. The fourth-order valence-corrected chi connectivity index (χ4v) is 3.99. The van der Waals surface area contributed by atoms with Gasteiger partial charge in [-0.25, -0.2) is 9.97 Å². The number of aromatic nitrogens is 4. The van der Waals surface area contributed by atoms with Crippen LogP contribution >= 0.6 is 0 Å². The van der Waals surface area contributed by atoms with Crippen molar-refractivity contribution >= 4 is 11.7 Å². The molecule has 2 aliphatic heterocycles. The van der Waals surface area contributed by atoms with Gasteiger partial charge in [-0.3, -0.25) is 4.79 Å². The lowest BCUT2D eigenvalue weighted by Crippen LogP contribution is -2.41. The van der Waals surface area contributed by atoms with Crippen LogP contribution in [0.25, 0.3) is 11.5 Å². The summed E-state index contributed by atoms with van der Waals surface area (Å²) in [6, 6.07) is 5.71. The lowest BCUT2D eigenvalue weighted by molar-refractivity contribution is -0.125. The van der Waals surface area contributed by atoms with Crippen LogP contribution in [-0.2, 0) is 11.3 Å². The van der Waals surface area contributed by atoms with Gasteiger partial charge in [0.15, 0.2) is 17.3 Å². The Hall–Kier alpha value is -3.69. The molecule has 166 valence electrons. The Morgan fingerprint density at radius 1 is 1.12 bits per heavy atom. The van der Waals surface area contributed by atoms with Gasteiger partial charge in [-0.15, -0.1) is 0 Å². The second-order valence-electron chi connectivity index (χ2n) is 7.97. The van der Waals surface area contributed by atoms with Crippen LogP contribution < -0.4 is 19.7 Å². The first-order valence-electron chi connectivity index (χ1n) is 10.6. The fourth-order valence-electron chi connectivity index (χ4n) is 3.99. The number of anilines is 1. The van der Waals surface area contributed by atoms with Gasteiger partial charge in [-0.05, 0) is 44.4 Å². The molecule has 2 aliphatic rings. The quantitative estimate of drug-likeness (QED) is 0.643. The molecule has 3 aromatic rings. The van der Waals surface area contributed by atoms with Crippen LogP contribution in [0.2, 0.25) is 0 Å². The molecule has 1 saturated heterocycles. The highest BCUT2D eigenvalue weighted by Gasteiger charge is 2.28. The zero-order valence-electron chi connectivity index (χ0n) is 18.0. The first-order chi connectivity index (χ1) is 15.6. The summed E-state index contributed by atoms with van der Waals surface area (Å²) in [5, 5.41) is 6.92. The molecule has 0 atom stereocenters. The van der Waals surface area contributed by atoms with Crippen molar-refractivity contribution in [3.63, 3.8) is 0 Å². The number of amides is 1. The lowest BCUT2D eigenvalue weighted by Gasteiger charge is -2.32. The molecular formula is C22H24N6O4. The van der Waals surface area contributed by atoms with Crippen molar-refractivity contribution < 1.29 is 18.8 Å². The molecular weight excluding hydrogens is 412 g/mol. The average Bonchev–Trinajstić information content (AvgIpc) is 3.46. The molecule has 0 saturated carbocycles. The topological polar surface area (TPSA) is 116 Å². The third kappa shape index (κ3) is 4.08. The number of nitrogens with one attached hydrogen (secondary N) is 1. The first kappa shape index (κ1) is 20.2. The highest BCUT2D eigenvalue weighted by molar-refractivity contribution is 5.79. The maximum Gasteiger partial charge on any atom is 0.263 e. The van der Waals surface area contributed by atoms with Gasteiger partial charge >= 0.3 is 0 Å². The van der Waals surface area contributed by atoms with E-state index >= 15 is 0 Å². The minimum Gasteiger partial charge on any atom is -0.454 e. The molecule has 1 fully saturated rings. The van der Waals surface area contributed by atoms with Crippen molar-refractivity contribution in [2.45, 2.75) is 33.2 Å². The summed E-state index contributed by atoms with van der Waals surface area (Å²) >= 11 is 0. The molecule has 10 nitrogen and oxygen atoms in total. The highest BCUT2D eigenvalue weighted by atomic mass is 16.7. The number of hydrogen-bond donors (Lipinski definition) is 1. The van der Waals surface area contributed by atoms with E-state index in [1.165, 1.54) is 0 Å².